The topological polar surface area (TPSA) is 50.7 Å². The minimum absolute atomic E-state index is 0.870. The molecule has 0 atom stereocenters. The molecule has 96 valence electrons. The maximum Gasteiger partial charge on any atom is 0.174 e. The monoisotopic (exact) mass is 280 g/mol. The number of hydrogen-bond donors (Lipinski definition) is 1. The zero-order valence-corrected chi connectivity index (χ0v) is 12.1. The molecule has 0 aliphatic carbocycles. The van der Waals surface area contributed by atoms with Gasteiger partial charge in [0, 0.05) is 24.1 Å². The van der Waals surface area contributed by atoms with Crippen LogP contribution in [0.15, 0.2) is 22.7 Å². The molecule has 0 unspecified atom stereocenters. The highest BCUT2D eigenvalue weighted by Crippen LogP contribution is 2.27. The maximum atomic E-state index is 4.38. The fourth-order valence-electron chi connectivity index (χ4n) is 1.43. The SMILES string of the molecule is CCCNc1ncccc1CSc1nnc(C)s1. The zero-order chi connectivity index (χ0) is 12.8. The smallest absolute Gasteiger partial charge is 0.174 e. The van der Waals surface area contributed by atoms with Crippen molar-refractivity contribution in [2.75, 3.05) is 11.9 Å². The summed E-state index contributed by atoms with van der Waals surface area (Å²) in [6, 6.07) is 4.07. The summed E-state index contributed by atoms with van der Waals surface area (Å²) in [6.07, 6.45) is 2.92. The number of nitrogens with zero attached hydrogens (tertiary/aromatic N) is 3. The van der Waals surface area contributed by atoms with Crippen LogP contribution in [0.25, 0.3) is 0 Å². The first kappa shape index (κ1) is 13.3. The molecule has 2 aromatic rings. The molecule has 2 aromatic heterocycles. The van der Waals surface area contributed by atoms with E-state index in [-0.39, 0.29) is 0 Å². The molecular formula is C12H16N4S2. The Labute approximate surface area is 115 Å². The first-order chi connectivity index (χ1) is 8.79. The largest absolute Gasteiger partial charge is 0.370 e. The molecule has 0 amide bonds. The van der Waals surface area contributed by atoms with Crippen molar-refractivity contribution in [3.05, 3.63) is 28.9 Å². The average Bonchev–Trinajstić information content (AvgIpc) is 2.81. The minimum atomic E-state index is 0.870. The first-order valence-electron chi connectivity index (χ1n) is 5.90. The Morgan fingerprint density at radius 3 is 3.00 bits per heavy atom. The van der Waals surface area contributed by atoms with Gasteiger partial charge in [-0.3, -0.25) is 0 Å². The third-order valence-electron chi connectivity index (χ3n) is 2.29. The standard InChI is InChI=1S/C12H16N4S2/c1-3-6-13-11-10(5-4-7-14-11)8-17-12-16-15-9(2)18-12/h4-5,7H,3,6,8H2,1-2H3,(H,13,14). The number of aryl methyl sites for hydroxylation is 1. The third-order valence-corrected chi connectivity index (χ3v) is 4.31. The summed E-state index contributed by atoms with van der Waals surface area (Å²) in [5.41, 5.74) is 1.21. The highest BCUT2D eigenvalue weighted by Gasteiger charge is 2.06. The fraction of sp³-hybridized carbons (Fsp3) is 0.417. The van der Waals surface area contributed by atoms with Crippen LogP contribution in [0.5, 0.6) is 0 Å². The van der Waals surface area contributed by atoms with Crippen LogP contribution in [-0.4, -0.2) is 21.7 Å². The summed E-state index contributed by atoms with van der Waals surface area (Å²) < 4.78 is 1.01. The van der Waals surface area contributed by atoms with E-state index in [0.717, 1.165) is 33.9 Å². The number of aromatic nitrogens is 3. The summed E-state index contributed by atoms with van der Waals surface area (Å²) in [5.74, 6) is 1.85. The maximum absolute atomic E-state index is 4.38. The Balaban J connectivity index is 1.99. The van der Waals surface area contributed by atoms with Crippen LogP contribution in [0.4, 0.5) is 5.82 Å². The Morgan fingerprint density at radius 2 is 2.28 bits per heavy atom. The highest BCUT2D eigenvalue weighted by atomic mass is 32.2. The predicted octanol–water partition coefficient (Wildman–Crippen LogP) is 3.36. The summed E-state index contributed by atoms with van der Waals surface area (Å²) in [7, 11) is 0. The van der Waals surface area contributed by atoms with Crippen molar-refractivity contribution in [2.24, 2.45) is 0 Å². The molecular weight excluding hydrogens is 264 g/mol. The summed E-state index contributed by atoms with van der Waals surface area (Å²) in [4.78, 5) is 4.38. The molecule has 0 aromatic carbocycles. The van der Waals surface area contributed by atoms with Gasteiger partial charge in [0.15, 0.2) is 4.34 Å². The van der Waals surface area contributed by atoms with Gasteiger partial charge in [0.05, 0.1) is 0 Å². The molecule has 0 aliphatic heterocycles. The van der Waals surface area contributed by atoms with E-state index in [4.69, 9.17) is 0 Å². The molecule has 0 fully saturated rings. The van der Waals surface area contributed by atoms with Gasteiger partial charge in [0.2, 0.25) is 0 Å². The second kappa shape index (κ2) is 6.70. The van der Waals surface area contributed by atoms with E-state index in [1.54, 1.807) is 23.1 Å². The molecule has 0 aliphatic rings. The van der Waals surface area contributed by atoms with Gasteiger partial charge in [-0.2, -0.15) is 0 Å². The van der Waals surface area contributed by atoms with Crippen molar-refractivity contribution >= 4 is 28.9 Å². The fourth-order valence-corrected chi connectivity index (χ4v) is 3.23. The predicted molar refractivity (Wildman–Crippen MR) is 77.2 cm³/mol. The lowest BCUT2D eigenvalue weighted by molar-refractivity contribution is 0.964. The van der Waals surface area contributed by atoms with Crippen LogP contribution in [0.1, 0.15) is 23.9 Å². The molecule has 0 saturated heterocycles. The second-order valence-corrected chi connectivity index (χ2v) is 6.22. The van der Waals surface area contributed by atoms with E-state index < -0.39 is 0 Å². The van der Waals surface area contributed by atoms with Crippen LogP contribution >= 0.6 is 23.1 Å². The van der Waals surface area contributed by atoms with Gasteiger partial charge in [-0.1, -0.05) is 36.1 Å². The zero-order valence-electron chi connectivity index (χ0n) is 10.5. The van der Waals surface area contributed by atoms with Gasteiger partial charge in [-0.25, -0.2) is 4.98 Å². The number of nitrogens with one attached hydrogen (secondary N) is 1. The van der Waals surface area contributed by atoms with E-state index >= 15 is 0 Å². The second-order valence-electron chi connectivity index (χ2n) is 3.81. The molecule has 4 nitrogen and oxygen atoms in total. The molecule has 18 heavy (non-hydrogen) atoms. The lowest BCUT2D eigenvalue weighted by Gasteiger charge is -2.08. The molecule has 6 heteroatoms. The van der Waals surface area contributed by atoms with Gasteiger partial charge in [0.1, 0.15) is 10.8 Å². The van der Waals surface area contributed by atoms with Gasteiger partial charge >= 0.3 is 0 Å². The Kier molecular flexibility index (Phi) is 4.95. The van der Waals surface area contributed by atoms with E-state index in [9.17, 15) is 0 Å². The van der Waals surface area contributed by atoms with E-state index in [0.29, 0.717) is 0 Å². The average molecular weight is 280 g/mol. The Hall–Kier alpha value is -1.14. The van der Waals surface area contributed by atoms with Crippen molar-refractivity contribution in [3.8, 4) is 0 Å². The minimum Gasteiger partial charge on any atom is -0.370 e. The normalized spacial score (nSPS) is 10.6. The summed E-state index contributed by atoms with van der Waals surface area (Å²) >= 11 is 3.34. The van der Waals surface area contributed by atoms with Crippen LogP contribution in [-0.2, 0) is 5.75 Å². The molecule has 0 radical (unpaired) electrons. The van der Waals surface area contributed by atoms with Crippen molar-refractivity contribution in [1.82, 2.24) is 15.2 Å². The highest BCUT2D eigenvalue weighted by molar-refractivity contribution is 8.00. The van der Waals surface area contributed by atoms with Crippen LogP contribution in [0.2, 0.25) is 0 Å². The van der Waals surface area contributed by atoms with Gasteiger partial charge < -0.3 is 5.32 Å². The van der Waals surface area contributed by atoms with Gasteiger partial charge in [-0.15, -0.1) is 10.2 Å². The van der Waals surface area contributed by atoms with Gasteiger partial charge in [0.25, 0.3) is 0 Å². The molecule has 2 rings (SSSR count). The van der Waals surface area contributed by atoms with Gasteiger partial charge in [-0.05, 0) is 19.4 Å². The van der Waals surface area contributed by atoms with Crippen LogP contribution < -0.4 is 5.32 Å². The number of thioether (sulfide) groups is 1. The lowest BCUT2D eigenvalue weighted by atomic mass is 10.3. The van der Waals surface area contributed by atoms with Crippen molar-refractivity contribution in [1.29, 1.82) is 0 Å². The van der Waals surface area contributed by atoms with Crippen molar-refractivity contribution in [3.63, 3.8) is 0 Å². The molecule has 2 heterocycles. The Morgan fingerprint density at radius 1 is 1.39 bits per heavy atom. The van der Waals surface area contributed by atoms with E-state index in [1.165, 1.54) is 5.56 Å². The third kappa shape index (κ3) is 3.68. The first-order valence-corrected chi connectivity index (χ1v) is 7.70. The number of pyridine rings is 1. The molecule has 0 bridgehead atoms. The molecule has 0 spiro atoms. The van der Waals surface area contributed by atoms with Crippen LogP contribution in [0, 0.1) is 6.92 Å². The summed E-state index contributed by atoms with van der Waals surface area (Å²) in [5, 5.41) is 12.5. The number of anilines is 1. The molecule has 0 saturated carbocycles. The number of rotatable bonds is 6. The summed E-state index contributed by atoms with van der Waals surface area (Å²) in [6.45, 7) is 5.07. The van der Waals surface area contributed by atoms with Crippen LogP contribution in [0.3, 0.4) is 0 Å². The van der Waals surface area contributed by atoms with E-state index in [1.807, 2.05) is 19.2 Å². The quantitative estimate of drug-likeness (QED) is 0.822. The molecule has 1 N–H and O–H groups in total. The van der Waals surface area contributed by atoms with Crippen molar-refractivity contribution < 1.29 is 0 Å². The number of hydrogen-bond acceptors (Lipinski definition) is 6. The van der Waals surface area contributed by atoms with Crippen molar-refractivity contribution in [2.45, 2.75) is 30.4 Å². The Bertz CT molecular complexity index is 498. The lowest BCUT2D eigenvalue weighted by Crippen LogP contribution is -2.04. The van der Waals surface area contributed by atoms with E-state index in [2.05, 4.69) is 33.5 Å².